The summed E-state index contributed by atoms with van der Waals surface area (Å²) >= 11 is 0. The first-order chi connectivity index (χ1) is 12.4. The molecule has 7 heteroatoms. The molecule has 0 spiro atoms. The second-order valence-corrected chi connectivity index (χ2v) is 8.58. The van der Waals surface area contributed by atoms with Crippen molar-refractivity contribution in [3.05, 3.63) is 29.8 Å². The van der Waals surface area contributed by atoms with Crippen molar-refractivity contribution >= 4 is 15.9 Å². The number of benzene rings is 1. The summed E-state index contributed by atoms with van der Waals surface area (Å²) in [5, 5.41) is 8.84. The predicted molar refractivity (Wildman–Crippen MR) is 99.8 cm³/mol. The van der Waals surface area contributed by atoms with E-state index >= 15 is 0 Å². The van der Waals surface area contributed by atoms with E-state index in [0.717, 1.165) is 25.9 Å². The van der Waals surface area contributed by atoms with E-state index in [4.69, 9.17) is 5.26 Å². The molecule has 0 atom stereocenters. The second kappa shape index (κ2) is 9.15. The number of carbonyl (C=O) groups excluding carboxylic acids is 1. The highest BCUT2D eigenvalue weighted by atomic mass is 32.2. The monoisotopic (exact) mass is 377 g/mol. The van der Waals surface area contributed by atoms with E-state index in [1.54, 1.807) is 0 Å². The van der Waals surface area contributed by atoms with Crippen LogP contribution in [0.25, 0.3) is 0 Å². The van der Waals surface area contributed by atoms with Gasteiger partial charge in [-0.1, -0.05) is 13.8 Å². The number of sulfonamides is 1. The molecule has 1 aromatic rings. The zero-order valence-electron chi connectivity index (χ0n) is 15.5. The number of nitriles is 1. The molecule has 1 fully saturated rings. The molecule has 26 heavy (non-hydrogen) atoms. The van der Waals surface area contributed by atoms with Crippen molar-refractivity contribution in [3.8, 4) is 6.07 Å². The largest absolute Gasteiger partial charge is 0.342 e. The molecule has 1 aliphatic rings. The fraction of sp³-hybridized carbons (Fsp3) is 0.579. The van der Waals surface area contributed by atoms with Crippen molar-refractivity contribution in [2.75, 3.05) is 26.2 Å². The third-order valence-electron chi connectivity index (χ3n) is 4.72. The van der Waals surface area contributed by atoms with Gasteiger partial charge in [0, 0.05) is 32.1 Å². The maximum atomic E-state index is 12.7. The van der Waals surface area contributed by atoms with Crippen LogP contribution in [0.15, 0.2) is 29.2 Å². The first-order valence-electron chi connectivity index (χ1n) is 9.23. The highest BCUT2D eigenvalue weighted by Gasteiger charge is 2.33. The molecule has 142 valence electrons. The van der Waals surface area contributed by atoms with Gasteiger partial charge in [-0.25, -0.2) is 8.42 Å². The zero-order chi connectivity index (χ0) is 19.2. The van der Waals surface area contributed by atoms with Gasteiger partial charge in [0.05, 0.1) is 16.5 Å². The molecule has 0 N–H and O–H groups in total. The van der Waals surface area contributed by atoms with Gasteiger partial charge in [0.25, 0.3) is 0 Å². The fourth-order valence-corrected chi connectivity index (χ4v) is 4.79. The number of hydrogen-bond acceptors (Lipinski definition) is 4. The van der Waals surface area contributed by atoms with Crippen LogP contribution in [0.5, 0.6) is 0 Å². The summed E-state index contributed by atoms with van der Waals surface area (Å²) in [5.41, 5.74) is 0.431. The molecule has 6 nitrogen and oxygen atoms in total. The quantitative estimate of drug-likeness (QED) is 0.731. The number of carbonyl (C=O) groups is 1. The summed E-state index contributed by atoms with van der Waals surface area (Å²) in [6.45, 7) is 6.34. The van der Waals surface area contributed by atoms with Crippen LogP contribution in [0.3, 0.4) is 0 Å². The van der Waals surface area contributed by atoms with Crippen molar-refractivity contribution < 1.29 is 13.2 Å². The van der Waals surface area contributed by atoms with Crippen LogP contribution in [-0.2, 0) is 14.8 Å². The Labute approximate surface area is 156 Å². The van der Waals surface area contributed by atoms with Gasteiger partial charge >= 0.3 is 0 Å². The Hall–Kier alpha value is -1.91. The Bertz CT molecular complexity index is 739. The van der Waals surface area contributed by atoms with E-state index in [0.29, 0.717) is 31.5 Å². The molecule has 1 amide bonds. The van der Waals surface area contributed by atoms with E-state index in [9.17, 15) is 13.2 Å². The number of amides is 1. The molecule has 0 radical (unpaired) electrons. The van der Waals surface area contributed by atoms with Crippen LogP contribution < -0.4 is 0 Å². The Morgan fingerprint density at radius 1 is 1.15 bits per heavy atom. The highest BCUT2D eigenvalue weighted by molar-refractivity contribution is 7.89. The van der Waals surface area contributed by atoms with Crippen molar-refractivity contribution in [2.45, 2.75) is 44.4 Å². The van der Waals surface area contributed by atoms with Gasteiger partial charge in [-0.05, 0) is 49.9 Å². The van der Waals surface area contributed by atoms with Gasteiger partial charge in [-0.3, -0.25) is 4.79 Å². The molecule has 1 aliphatic heterocycles. The average molecular weight is 378 g/mol. The molecule has 1 heterocycles. The molecule has 0 unspecified atom stereocenters. The predicted octanol–water partition coefficient (Wildman–Crippen LogP) is 2.61. The van der Waals surface area contributed by atoms with Crippen LogP contribution in [0.1, 0.15) is 45.1 Å². The van der Waals surface area contributed by atoms with Gasteiger partial charge < -0.3 is 4.90 Å². The van der Waals surface area contributed by atoms with Gasteiger partial charge in [0.15, 0.2) is 0 Å². The Morgan fingerprint density at radius 2 is 1.69 bits per heavy atom. The molecular weight excluding hydrogens is 350 g/mol. The lowest BCUT2D eigenvalue weighted by Gasteiger charge is -2.33. The van der Waals surface area contributed by atoms with Crippen molar-refractivity contribution in [2.24, 2.45) is 5.92 Å². The molecular formula is C19H27N3O3S. The molecule has 0 bridgehead atoms. The third-order valence-corrected chi connectivity index (χ3v) is 6.64. The second-order valence-electron chi connectivity index (χ2n) is 6.64. The van der Waals surface area contributed by atoms with E-state index in [1.165, 1.54) is 28.6 Å². The Morgan fingerprint density at radius 3 is 2.15 bits per heavy atom. The van der Waals surface area contributed by atoms with Gasteiger partial charge in [0.2, 0.25) is 15.9 Å². The number of hydrogen-bond donors (Lipinski definition) is 0. The standard InChI is InChI=1S/C19H27N3O3S/c1-3-11-21(12-4-2)19(23)17-9-13-22(14-10-17)26(24,25)18-7-5-16(15-20)6-8-18/h5-8,17H,3-4,9-14H2,1-2H3. The maximum absolute atomic E-state index is 12.7. The van der Waals surface area contributed by atoms with Crippen molar-refractivity contribution in [3.63, 3.8) is 0 Å². The zero-order valence-corrected chi connectivity index (χ0v) is 16.3. The average Bonchev–Trinajstić information content (AvgIpc) is 2.67. The van der Waals surface area contributed by atoms with E-state index in [2.05, 4.69) is 13.8 Å². The topological polar surface area (TPSA) is 81.5 Å². The molecule has 1 saturated heterocycles. The van der Waals surface area contributed by atoms with Crippen LogP contribution in [0.4, 0.5) is 0 Å². The maximum Gasteiger partial charge on any atom is 0.243 e. The summed E-state index contributed by atoms with van der Waals surface area (Å²) in [7, 11) is -3.58. The summed E-state index contributed by atoms with van der Waals surface area (Å²) in [4.78, 5) is 14.8. The van der Waals surface area contributed by atoms with E-state index < -0.39 is 10.0 Å². The molecule has 0 aliphatic carbocycles. The summed E-state index contributed by atoms with van der Waals surface area (Å²) in [5.74, 6) is 0.0598. The lowest BCUT2D eigenvalue weighted by atomic mass is 9.96. The molecule has 0 saturated carbocycles. The van der Waals surface area contributed by atoms with Crippen LogP contribution in [0.2, 0.25) is 0 Å². The van der Waals surface area contributed by atoms with Crippen molar-refractivity contribution in [1.82, 2.24) is 9.21 Å². The van der Waals surface area contributed by atoms with E-state index in [1.807, 2.05) is 11.0 Å². The normalized spacial score (nSPS) is 16.2. The first kappa shape index (κ1) is 20.4. The SMILES string of the molecule is CCCN(CCC)C(=O)C1CCN(S(=O)(=O)c2ccc(C#N)cc2)CC1. The first-order valence-corrected chi connectivity index (χ1v) is 10.7. The van der Waals surface area contributed by atoms with Crippen LogP contribution in [0, 0.1) is 17.2 Å². The van der Waals surface area contributed by atoms with E-state index in [-0.39, 0.29) is 16.7 Å². The third kappa shape index (κ3) is 4.63. The summed E-state index contributed by atoms with van der Waals surface area (Å²) in [6.07, 6.45) is 2.96. The van der Waals surface area contributed by atoms with Gasteiger partial charge in [0.1, 0.15) is 0 Å². The lowest BCUT2D eigenvalue weighted by molar-refractivity contribution is -0.136. The van der Waals surface area contributed by atoms with Gasteiger partial charge in [-0.15, -0.1) is 0 Å². The number of rotatable bonds is 7. The molecule has 2 rings (SSSR count). The smallest absolute Gasteiger partial charge is 0.243 e. The Balaban J connectivity index is 2.02. The number of nitrogens with zero attached hydrogens (tertiary/aromatic N) is 3. The fourth-order valence-electron chi connectivity index (χ4n) is 3.32. The molecule has 1 aromatic carbocycles. The minimum atomic E-state index is -3.58. The van der Waals surface area contributed by atoms with Crippen LogP contribution in [-0.4, -0.2) is 49.7 Å². The van der Waals surface area contributed by atoms with Crippen LogP contribution >= 0.6 is 0 Å². The lowest BCUT2D eigenvalue weighted by Crippen LogP contribution is -2.44. The minimum Gasteiger partial charge on any atom is -0.342 e. The molecule has 0 aromatic heterocycles. The summed E-state index contributed by atoms with van der Waals surface area (Å²) in [6, 6.07) is 7.94. The summed E-state index contributed by atoms with van der Waals surface area (Å²) < 4.78 is 26.9. The van der Waals surface area contributed by atoms with Gasteiger partial charge in [-0.2, -0.15) is 9.57 Å². The Kier molecular flexibility index (Phi) is 7.18. The minimum absolute atomic E-state index is 0.0967. The number of piperidine rings is 1. The highest BCUT2D eigenvalue weighted by Crippen LogP contribution is 2.25. The van der Waals surface area contributed by atoms with Crippen molar-refractivity contribution in [1.29, 1.82) is 5.26 Å².